The molecule has 196 valence electrons. The largest absolute Gasteiger partial charge is 0.318 e. The number of rotatable bonds is 6. The fraction of sp³-hybridized carbons (Fsp3) is 0.0857. The van der Waals surface area contributed by atoms with Crippen molar-refractivity contribution in [1.29, 1.82) is 0 Å². The molecule has 0 spiro atoms. The Hall–Kier alpha value is -5.16. The molecular formula is C35H30N4O. The van der Waals surface area contributed by atoms with Crippen LogP contribution in [0.3, 0.4) is 0 Å². The molecule has 2 heterocycles. The summed E-state index contributed by atoms with van der Waals surface area (Å²) in [5.41, 5.74) is 11.8. The van der Waals surface area contributed by atoms with Gasteiger partial charge in [-0.15, -0.1) is 0 Å². The standard InChI is InChI=1S/C35H30N4O/c1-24-13-20-34(28-10-5-4-6-11-28)39(24)32-17-15-29(16-18-32)35(40)37-36-23-31-21-25(2)38(26(31)3)33-19-14-27-9-7-8-12-30(27)22-33/h4-23H,1-3H3,(H,37,40)/b36-23+. The van der Waals surface area contributed by atoms with E-state index >= 15 is 0 Å². The van der Waals surface area contributed by atoms with E-state index in [-0.39, 0.29) is 5.91 Å². The van der Waals surface area contributed by atoms with Crippen molar-refractivity contribution in [2.24, 2.45) is 5.10 Å². The minimum absolute atomic E-state index is 0.251. The number of nitrogens with one attached hydrogen (secondary N) is 1. The SMILES string of the molecule is Cc1ccc(-c2ccccc2)n1-c1ccc(C(=O)N/N=C/c2cc(C)n(-c3ccc4ccccc4c3)c2C)cc1. The van der Waals surface area contributed by atoms with E-state index in [1.807, 2.05) is 42.5 Å². The molecule has 0 fully saturated rings. The summed E-state index contributed by atoms with van der Waals surface area (Å²) in [5.74, 6) is -0.251. The molecule has 0 bridgehead atoms. The number of fused-ring (bicyclic) bond motifs is 1. The van der Waals surface area contributed by atoms with Gasteiger partial charge in [-0.2, -0.15) is 5.10 Å². The average molecular weight is 523 g/mol. The molecular weight excluding hydrogens is 492 g/mol. The molecule has 1 amide bonds. The summed E-state index contributed by atoms with van der Waals surface area (Å²) in [6, 6.07) is 39.0. The predicted octanol–water partition coefficient (Wildman–Crippen LogP) is 7.78. The maximum absolute atomic E-state index is 12.9. The zero-order valence-electron chi connectivity index (χ0n) is 22.8. The summed E-state index contributed by atoms with van der Waals surface area (Å²) in [6.07, 6.45) is 1.71. The van der Waals surface area contributed by atoms with Crippen LogP contribution < -0.4 is 5.43 Å². The Morgan fingerprint density at radius 2 is 1.38 bits per heavy atom. The third kappa shape index (κ3) is 4.74. The van der Waals surface area contributed by atoms with Crippen molar-refractivity contribution in [3.8, 4) is 22.6 Å². The molecule has 0 radical (unpaired) electrons. The predicted molar refractivity (Wildman–Crippen MR) is 164 cm³/mol. The fourth-order valence-corrected chi connectivity index (χ4v) is 5.33. The van der Waals surface area contributed by atoms with Crippen LogP contribution in [0, 0.1) is 20.8 Å². The van der Waals surface area contributed by atoms with E-state index in [0.29, 0.717) is 5.56 Å². The Labute approximate surface area is 234 Å². The lowest BCUT2D eigenvalue weighted by atomic mass is 10.1. The molecule has 0 saturated heterocycles. The van der Waals surface area contributed by atoms with Crippen LogP contribution in [0.25, 0.3) is 33.4 Å². The molecule has 0 aliphatic carbocycles. The van der Waals surface area contributed by atoms with E-state index in [2.05, 4.69) is 113 Å². The van der Waals surface area contributed by atoms with Crippen molar-refractivity contribution in [2.45, 2.75) is 20.8 Å². The number of aromatic nitrogens is 2. The fourth-order valence-electron chi connectivity index (χ4n) is 5.33. The van der Waals surface area contributed by atoms with Crippen LogP contribution in [0.15, 0.2) is 120 Å². The van der Waals surface area contributed by atoms with Gasteiger partial charge < -0.3 is 9.13 Å². The van der Waals surface area contributed by atoms with Gasteiger partial charge in [-0.3, -0.25) is 4.79 Å². The normalized spacial score (nSPS) is 11.4. The Balaban J connectivity index is 1.18. The number of hydrazone groups is 1. The highest BCUT2D eigenvalue weighted by molar-refractivity contribution is 5.95. The second-order valence-electron chi connectivity index (χ2n) is 10.0. The molecule has 5 nitrogen and oxygen atoms in total. The van der Waals surface area contributed by atoms with Crippen molar-refractivity contribution < 1.29 is 4.79 Å². The summed E-state index contributed by atoms with van der Waals surface area (Å²) >= 11 is 0. The topological polar surface area (TPSA) is 51.3 Å². The zero-order chi connectivity index (χ0) is 27.6. The van der Waals surface area contributed by atoms with Gasteiger partial charge in [0.25, 0.3) is 5.91 Å². The Morgan fingerprint density at radius 3 is 2.15 bits per heavy atom. The monoisotopic (exact) mass is 522 g/mol. The van der Waals surface area contributed by atoms with Gasteiger partial charge in [0.1, 0.15) is 0 Å². The Morgan fingerprint density at radius 1 is 0.675 bits per heavy atom. The van der Waals surface area contributed by atoms with Crippen LogP contribution in [0.4, 0.5) is 0 Å². The van der Waals surface area contributed by atoms with Crippen LogP contribution in [0.1, 0.15) is 33.0 Å². The molecule has 0 saturated carbocycles. The van der Waals surface area contributed by atoms with Crippen LogP contribution in [0.2, 0.25) is 0 Å². The highest BCUT2D eigenvalue weighted by Gasteiger charge is 2.12. The summed E-state index contributed by atoms with van der Waals surface area (Å²) < 4.78 is 4.40. The first-order valence-corrected chi connectivity index (χ1v) is 13.4. The molecule has 5 heteroatoms. The Kier molecular flexibility index (Phi) is 6.62. The number of hydrogen-bond acceptors (Lipinski definition) is 2. The van der Waals surface area contributed by atoms with E-state index in [0.717, 1.165) is 45.3 Å². The van der Waals surface area contributed by atoms with E-state index in [1.165, 1.54) is 10.8 Å². The van der Waals surface area contributed by atoms with Gasteiger partial charge in [-0.1, -0.05) is 60.7 Å². The maximum atomic E-state index is 12.9. The van der Waals surface area contributed by atoms with Gasteiger partial charge in [0, 0.05) is 39.6 Å². The van der Waals surface area contributed by atoms with E-state index in [4.69, 9.17) is 0 Å². The van der Waals surface area contributed by atoms with E-state index in [9.17, 15) is 4.79 Å². The smallest absolute Gasteiger partial charge is 0.271 e. The lowest BCUT2D eigenvalue weighted by molar-refractivity contribution is 0.0955. The molecule has 1 N–H and O–H groups in total. The molecule has 0 aliphatic rings. The highest BCUT2D eigenvalue weighted by Crippen LogP contribution is 2.27. The second-order valence-corrected chi connectivity index (χ2v) is 10.0. The lowest BCUT2D eigenvalue weighted by Gasteiger charge is -2.12. The third-order valence-corrected chi connectivity index (χ3v) is 7.36. The summed E-state index contributed by atoms with van der Waals surface area (Å²) in [6.45, 7) is 6.23. The minimum atomic E-state index is -0.251. The van der Waals surface area contributed by atoms with Crippen molar-refractivity contribution in [3.63, 3.8) is 0 Å². The van der Waals surface area contributed by atoms with Gasteiger partial charge in [0.05, 0.1) is 11.9 Å². The lowest BCUT2D eigenvalue weighted by Crippen LogP contribution is -2.17. The molecule has 0 aliphatic heterocycles. The Bertz CT molecular complexity index is 1860. The minimum Gasteiger partial charge on any atom is -0.318 e. The van der Waals surface area contributed by atoms with Crippen LogP contribution >= 0.6 is 0 Å². The molecule has 0 unspecified atom stereocenters. The molecule has 40 heavy (non-hydrogen) atoms. The molecule has 0 atom stereocenters. The van der Waals surface area contributed by atoms with Crippen molar-refractivity contribution in [1.82, 2.24) is 14.6 Å². The third-order valence-electron chi connectivity index (χ3n) is 7.36. The molecule has 6 aromatic rings. The van der Waals surface area contributed by atoms with Crippen molar-refractivity contribution in [2.75, 3.05) is 0 Å². The first-order valence-electron chi connectivity index (χ1n) is 13.4. The van der Waals surface area contributed by atoms with Gasteiger partial charge in [-0.05, 0) is 91.7 Å². The number of carbonyl (C=O) groups excluding carboxylic acids is 1. The van der Waals surface area contributed by atoms with Crippen LogP contribution in [-0.2, 0) is 0 Å². The number of carbonyl (C=O) groups is 1. The molecule has 4 aromatic carbocycles. The number of amides is 1. The second kappa shape index (κ2) is 10.5. The summed E-state index contributed by atoms with van der Waals surface area (Å²) in [7, 11) is 0. The van der Waals surface area contributed by atoms with Crippen molar-refractivity contribution >= 4 is 22.9 Å². The van der Waals surface area contributed by atoms with Gasteiger partial charge >= 0.3 is 0 Å². The van der Waals surface area contributed by atoms with E-state index < -0.39 is 0 Å². The van der Waals surface area contributed by atoms with Crippen LogP contribution in [-0.4, -0.2) is 21.3 Å². The van der Waals surface area contributed by atoms with Crippen LogP contribution in [0.5, 0.6) is 0 Å². The van der Waals surface area contributed by atoms with Gasteiger partial charge in [0.2, 0.25) is 0 Å². The maximum Gasteiger partial charge on any atom is 0.271 e. The number of benzene rings is 4. The first-order chi connectivity index (χ1) is 19.5. The molecule has 6 rings (SSSR count). The highest BCUT2D eigenvalue weighted by atomic mass is 16.2. The number of aryl methyl sites for hydroxylation is 2. The van der Waals surface area contributed by atoms with Crippen molar-refractivity contribution in [3.05, 3.63) is 143 Å². The quantitative estimate of drug-likeness (QED) is 0.176. The average Bonchev–Trinajstić information content (AvgIpc) is 3.51. The number of nitrogens with zero attached hydrogens (tertiary/aromatic N) is 3. The van der Waals surface area contributed by atoms with Gasteiger partial charge in [0.15, 0.2) is 0 Å². The summed E-state index contributed by atoms with van der Waals surface area (Å²) in [5, 5.41) is 6.69. The zero-order valence-corrected chi connectivity index (χ0v) is 22.8. The van der Waals surface area contributed by atoms with Gasteiger partial charge in [-0.25, -0.2) is 5.43 Å². The number of hydrogen-bond donors (Lipinski definition) is 1. The summed E-state index contributed by atoms with van der Waals surface area (Å²) in [4.78, 5) is 12.9. The molecule has 2 aromatic heterocycles. The first kappa shape index (κ1) is 25.1. The van der Waals surface area contributed by atoms with E-state index in [1.54, 1.807) is 6.21 Å².